The molecule has 0 radical (unpaired) electrons. The van der Waals surface area contributed by atoms with E-state index in [0.29, 0.717) is 29.0 Å². The second kappa shape index (κ2) is 19.2. The quantitative estimate of drug-likeness (QED) is 0.141. The molecule has 1 aliphatic carbocycles. The molecule has 3 atom stereocenters. The van der Waals surface area contributed by atoms with E-state index in [1.807, 2.05) is 30.3 Å². The molecule has 3 amide bonds. The van der Waals surface area contributed by atoms with Crippen molar-refractivity contribution < 1.29 is 33.8 Å². The van der Waals surface area contributed by atoms with Crippen molar-refractivity contribution in [2.24, 2.45) is 0 Å². The summed E-state index contributed by atoms with van der Waals surface area (Å²) in [6, 6.07) is 15.3. The van der Waals surface area contributed by atoms with Crippen molar-refractivity contribution in [1.82, 2.24) is 15.4 Å². The number of unbranched alkanes of at least 4 members (excludes halogenated alkanes) is 2. The number of carboxylic acids is 1. The molecule has 1 heterocycles. The van der Waals surface area contributed by atoms with Crippen molar-refractivity contribution in [2.45, 2.75) is 75.2 Å². The van der Waals surface area contributed by atoms with E-state index in [9.17, 15) is 29.1 Å². The molecular weight excluding hydrogens is 709 g/mol. The minimum Gasteiger partial charge on any atom is -0.486 e. The second-order valence-corrected chi connectivity index (χ2v) is 15.0. The van der Waals surface area contributed by atoms with Crippen LogP contribution in [0.2, 0.25) is 0 Å². The third-order valence-electron chi connectivity index (χ3n) is 8.61. The maximum Gasteiger partial charge on any atom is 0.327 e. The number of carbonyl (C=O) groups is 5. The lowest BCUT2D eigenvalue weighted by molar-refractivity contribution is -0.141. The molecule has 51 heavy (non-hydrogen) atoms. The molecule has 4 rings (SSSR count). The van der Waals surface area contributed by atoms with Crippen LogP contribution in [0.4, 0.5) is 5.69 Å². The molecule has 2 aromatic rings. The molecule has 4 N–H and O–H groups in total. The zero-order valence-electron chi connectivity index (χ0n) is 29.3. The van der Waals surface area contributed by atoms with E-state index < -0.39 is 47.3 Å². The van der Waals surface area contributed by atoms with E-state index in [0.717, 1.165) is 25.7 Å². The lowest BCUT2D eigenvalue weighted by Crippen LogP contribution is -2.55. The maximum absolute atomic E-state index is 14.7. The molecule has 0 saturated carbocycles. The predicted octanol–water partition coefficient (Wildman–Crippen LogP) is 5.61. The molecular formula is C37H46N4O7S3. The highest BCUT2D eigenvalue weighted by molar-refractivity contribution is 8.01. The van der Waals surface area contributed by atoms with E-state index in [1.54, 1.807) is 53.8 Å². The van der Waals surface area contributed by atoms with E-state index >= 15 is 0 Å². The fraction of sp³-hybridized carbons (Fsp3) is 0.432. The van der Waals surface area contributed by atoms with Crippen molar-refractivity contribution in [3.63, 3.8) is 0 Å². The number of hydrogen-bond acceptors (Lipinski definition) is 10. The van der Waals surface area contributed by atoms with Crippen molar-refractivity contribution in [2.75, 3.05) is 29.8 Å². The summed E-state index contributed by atoms with van der Waals surface area (Å²) in [5.74, 6) is -2.61. The van der Waals surface area contributed by atoms with E-state index in [-0.39, 0.29) is 28.9 Å². The van der Waals surface area contributed by atoms with Crippen LogP contribution in [0.25, 0.3) is 0 Å². The lowest BCUT2D eigenvalue weighted by atomic mass is 9.86. The smallest absolute Gasteiger partial charge is 0.327 e. The number of nitrogens with one attached hydrogen (secondary N) is 3. The fourth-order valence-electron chi connectivity index (χ4n) is 5.91. The van der Waals surface area contributed by atoms with Gasteiger partial charge >= 0.3 is 5.97 Å². The molecule has 2 aromatic carbocycles. The highest BCUT2D eigenvalue weighted by Crippen LogP contribution is 2.43. The number of para-hydroxylation sites is 1. The van der Waals surface area contributed by atoms with Gasteiger partial charge in [0.15, 0.2) is 6.61 Å². The summed E-state index contributed by atoms with van der Waals surface area (Å²) in [6.07, 6.45) is 9.88. The van der Waals surface area contributed by atoms with Crippen molar-refractivity contribution in [3.8, 4) is 0 Å². The minimum absolute atomic E-state index is 0.147. The monoisotopic (exact) mass is 754 g/mol. The van der Waals surface area contributed by atoms with E-state index in [4.69, 9.17) is 4.74 Å². The Morgan fingerprint density at radius 2 is 1.61 bits per heavy atom. The number of benzene rings is 2. The van der Waals surface area contributed by atoms with Crippen LogP contribution in [0.1, 0.15) is 64.0 Å². The average Bonchev–Trinajstić information content (AvgIpc) is 3.25. The van der Waals surface area contributed by atoms with Crippen LogP contribution in [-0.4, -0.2) is 76.3 Å². The third kappa shape index (κ3) is 9.79. The zero-order chi connectivity index (χ0) is 37.0. The number of carboxylic acid groups (broad SMARTS) is 1. The number of nitrogens with zero attached hydrogens (tertiary/aromatic N) is 1. The van der Waals surface area contributed by atoms with E-state index in [2.05, 4.69) is 29.2 Å². The number of ketones is 1. The lowest BCUT2D eigenvalue weighted by Gasteiger charge is -2.36. The van der Waals surface area contributed by atoms with Gasteiger partial charge in [-0.15, -0.1) is 11.8 Å². The van der Waals surface area contributed by atoms with E-state index in [1.165, 1.54) is 35.5 Å². The Balaban J connectivity index is 1.64. The number of ether oxygens (including phenoxy) is 1. The third-order valence-corrected chi connectivity index (χ3v) is 11.2. The molecule has 14 heteroatoms. The molecule has 274 valence electrons. The number of Topliss-reactive ketones (excluding diaryl/α,β-unsaturated/α-hetero) is 1. The molecule has 0 saturated heterocycles. The van der Waals surface area contributed by atoms with Gasteiger partial charge in [0.2, 0.25) is 11.7 Å². The van der Waals surface area contributed by atoms with Crippen LogP contribution < -0.4 is 20.3 Å². The molecule has 11 nitrogen and oxygen atoms in total. The van der Waals surface area contributed by atoms with Crippen molar-refractivity contribution in [3.05, 3.63) is 88.7 Å². The van der Waals surface area contributed by atoms with Gasteiger partial charge in [0, 0.05) is 11.4 Å². The normalized spacial score (nSPS) is 18.2. The van der Waals surface area contributed by atoms with Gasteiger partial charge in [0.05, 0.1) is 4.91 Å². The molecule has 1 unspecified atom stereocenters. The average molecular weight is 755 g/mol. The maximum atomic E-state index is 14.7. The Morgan fingerprint density at radius 1 is 0.980 bits per heavy atom. The summed E-state index contributed by atoms with van der Waals surface area (Å²) in [7, 11) is 0. The first-order chi connectivity index (χ1) is 24.6. The molecule has 2 aliphatic rings. The van der Waals surface area contributed by atoms with Crippen LogP contribution >= 0.6 is 35.5 Å². The first-order valence-electron chi connectivity index (χ1n) is 17.0. The summed E-state index contributed by atoms with van der Waals surface area (Å²) in [4.78, 5) is 69.5. The van der Waals surface area contributed by atoms with Crippen LogP contribution in [0.3, 0.4) is 0 Å². The Morgan fingerprint density at radius 3 is 2.18 bits per heavy atom. The van der Waals surface area contributed by atoms with Gasteiger partial charge in [-0.1, -0.05) is 88.1 Å². The summed E-state index contributed by atoms with van der Waals surface area (Å²) in [6.45, 7) is 3.66. The Bertz CT molecular complexity index is 1610. The highest BCUT2D eigenvalue weighted by Gasteiger charge is 2.48. The van der Waals surface area contributed by atoms with Crippen molar-refractivity contribution >= 4 is 70.6 Å². The van der Waals surface area contributed by atoms with Gasteiger partial charge in [-0.25, -0.2) is 9.52 Å². The number of thioether (sulfide) groups is 2. The Labute approximate surface area is 312 Å². The SMILES string of the molecule is CCCCC1(CCCC)NSC2=C(C(=O)C(SC)C(OCC(=O)N[C@@H](C(=O)N[C@@H](CSC)C(=O)O)c3ccccc3)=C2)N(c2ccccc2)C1=O. The van der Waals surface area contributed by atoms with Gasteiger partial charge in [0.1, 0.15) is 34.3 Å². The first kappa shape index (κ1) is 40.1. The Kier molecular flexibility index (Phi) is 15.1. The topological polar surface area (TPSA) is 154 Å². The first-order valence-corrected chi connectivity index (χ1v) is 20.5. The minimum atomic E-state index is -1.19. The number of carbonyl (C=O) groups excluding carboxylic acids is 4. The molecule has 0 aromatic heterocycles. The second-order valence-electron chi connectivity index (χ2n) is 12.3. The Hall–Kier alpha value is -3.72. The van der Waals surface area contributed by atoms with Crippen LogP contribution in [0.5, 0.6) is 0 Å². The molecule has 0 bridgehead atoms. The standard InChI is InChI=1S/C37H46N4O7S3/c1-5-7-19-37(20-8-6-2)36(47)41(25-17-13-10-14-18-25)31-28(51-40-37)21-27(33(50-4)32(31)43)48-22-29(42)39-30(24-15-11-9-12-16-24)34(44)38-26(23-49-3)35(45)46/h9-18,21,26,30,33,40H,5-8,19-20,22-23H2,1-4H3,(H,38,44)(H,39,42)(H,45,46)/t26-,30+,33?/m0/s1. The van der Waals surface area contributed by atoms with Gasteiger partial charge in [0.25, 0.3) is 11.8 Å². The number of rotatable bonds is 18. The van der Waals surface area contributed by atoms with Crippen molar-refractivity contribution in [1.29, 1.82) is 0 Å². The summed E-state index contributed by atoms with van der Waals surface area (Å²) >= 11 is 3.74. The molecule has 0 fully saturated rings. The van der Waals surface area contributed by atoms with Gasteiger partial charge < -0.3 is 20.5 Å². The van der Waals surface area contributed by atoms with Gasteiger partial charge in [-0.05, 0) is 61.1 Å². The highest BCUT2D eigenvalue weighted by atomic mass is 32.2. The molecule has 0 spiro atoms. The van der Waals surface area contributed by atoms with Crippen LogP contribution in [-0.2, 0) is 28.7 Å². The summed E-state index contributed by atoms with van der Waals surface area (Å²) < 4.78 is 9.51. The zero-order valence-corrected chi connectivity index (χ0v) is 31.8. The number of hydrogen-bond donors (Lipinski definition) is 4. The number of anilines is 1. The molecule has 1 aliphatic heterocycles. The van der Waals surface area contributed by atoms with Gasteiger partial charge in [-0.3, -0.25) is 24.1 Å². The largest absolute Gasteiger partial charge is 0.486 e. The fourth-order valence-corrected chi connectivity index (χ4v) is 8.23. The number of aliphatic carboxylic acids is 1. The van der Waals surface area contributed by atoms with Crippen LogP contribution in [0.15, 0.2) is 83.1 Å². The van der Waals surface area contributed by atoms with Gasteiger partial charge in [-0.2, -0.15) is 11.8 Å². The summed E-state index contributed by atoms with van der Waals surface area (Å²) in [5.41, 5.74) is 0.404. The van der Waals surface area contributed by atoms with Crippen LogP contribution in [0, 0.1) is 0 Å². The summed E-state index contributed by atoms with van der Waals surface area (Å²) in [5, 5.41) is 13.9. The predicted molar refractivity (Wildman–Crippen MR) is 205 cm³/mol. The number of allylic oxidation sites excluding steroid dienone is 2. The number of amides is 3.